The maximum atomic E-state index is 12.0. The van der Waals surface area contributed by atoms with Gasteiger partial charge in [0.05, 0.1) is 12.2 Å². The topological polar surface area (TPSA) is 63.6 Å². The van der Waals surface area contributed by atoms with Crippen LogP contribution in [0.5, 0.6) is 0 Å². The molecule has 4 nitrogen and oxygen atoms in total. The molecule has 0 heterocycles. The summed E-state index contributed by atoms with van der Waals surface area (Å²) in [6, 6.07) is 0. The van der Waals surface area contributed by atoms with Crippen LogP contribution in [0.2, 0.25) is 0 Å². The predicted molar refractivity (Wildman–Crippen MR) is 117 cm³/mol. The number of ether oxygens (including phenoxy) is 1. The second-order valence-electron chi connectivity index (χ2n) is 11.1. The summed E-state index contributed by atoms with van der Waals surface area (Å²) in [6.07, 6.45) is 12.9. The molecule has 0 saturated heterocycles. The van der Waals surface area contributed by atoms with Gasteiger partial charge in [-0.05, 0) is 98.9 Å². The standard InChI is InChI=1S/C26H40O4/c1-4-6-23(28)30-16-5-12-26(29)15-11-22-20-8-7-18-17-19(27)9-13-24(18,2)21(20)10-14-25(22,26)3/h17,20-22,29H,4-16H2,1-3H3/t20-,21-,22+,24+,25+,26?/m1/s1. The summed E-state index contributed by atoms with van der Waals surface area (Å²) in [6.45, 7) is 7.16. The lowest BCUT2D eigenvalue weighted by Crippen LogP contribution is -2.54. The minimum absolute atomic E-state index is 0.0380. The molecule has 4 heteroatoms. The monoisotopic (exact) mass is 416 g/mol. The molecule has 0 bridgehead atoms. The number of carbonyl (C=O) groups excluding carboxylic acids is 2. The van der Waals surface area contributed by atoms with Crippen LogP contribution >= 0.6 is 0 Å². The van der Waals surface area contributed by atoms with Gasteiger partial charge in [0, 0.05) is 12.8 Å². The average molecular weight is 417 g/mol. The first kappa shape index (κ1) is 22.0. The van der Waals surface area contributed by atoms with Crippen LogP contribution in [0.25, 0.3) is 0 Å². The maximum Gasteiger partial charge on any atom is 0.305 e. The normalized spacial score (nSPS) is 42.7. The van der Waals surface area contributed by atoms with Crippen molar-refractivity contribution in [3.8, 4) is 0 Å². The van der Waals surface area contributed by atoms with Gasteiger partial charge in [-0.2, -0.15) is 0 Å². The van der Waals surface area contributed by atoms with Crippen LogP contribution in [0, 0.1) is 28.6 Å². The summed E-state index contributed by atoms with van der Waals surface area (Å²) in [5.41, 5.74) is 0.917. The summed E-state index contributed by atoms with van der Waals surface area (Å²) >= 11 is 0. The van der Waals surface area contributed by atoms with Crippen LogP contribution in [0.3, 0.4) is 0 Å². The highest BCUT2D eigenvalue weighted by Crippen LogP contribution is 2.68. The molecule has 4 aliphatic carbocycles. The fourth-order valence-electron chi connectivity index (χ4n) is 7.91. The molecular weight excluding hydrogens is 376 g/mol. The SMILES string of the molecule is CCCC(=O)OCCCC1(O)CC[C@H]2[C@@H]3CCC4=CC(=O)CC[C@]4(C)[C@@H]3CC[C@@]21C. The molecule has 30 heavy (non-hydrogen) atoms. The zero-order valence-electron chi connectivity index (χ0n) is 19.2. The molecule has 168 valence electrons. The van der Waals surface area contributed by atoms with Gasteiger partial charge in [0.15, 0.2) is 5.78 Å². The molecule has 3 saturated carbocycles. The van der Waals surface area contributed by atoms with Gasteiger partial charge in [-0.25, -0.2) is 0 Å². The van der Waals surface area contributed by atoms with E-state index in [1.807, 2.05) is 13.0 Å². The van der Waals surface area contributed by atoms with Crippen molar-refractivity contribution in [2.45, 2.75) is 103 Å². The zero-order chi connectivity index (χ0) is 21.6. The molecule has 3 fully saturated rings. The first-order chi connectivity index (χ1) is 14.2. The zero-order valence-corrected chi connectivity index (χ0v) is 19.2. The first-order valence-corrected chi connectivity index (χ1v) is 12.4. The van der Waals surface area contributed by atoms with Gasteiger partial charge >= 0.3 is 5.97 Å². The average Bonchev–Trinajstić information content (AvgIpc) is 2.97. The van der Waals surface area contributed by atoms with Crippen molar-refractivity contribution < 1.29 is 19.4 Å². The van der Waals surface area contributed by atoms with Gasteiger partial charge < -0.3 is 9.84 Å². The van der Waals surface area contributed by atoms with Gasteiger partial charge in [-0.15, -0.1) is 0 Å². The van der Waals surface area contributed by atoms with Gasteiger partial charge in [-0.3, -0.25) is 9.59 Å². The van der Waals surface area contributed by atoms with Crippen molar-refractivity contribution in [3.63, 3.8) is 0 Å². The number of carbonyl (C=O) groups is 2. The Kier molecular flexibility index (Phi) is 5.93. The number of esters is 1. The molecule has 4 aliphatic rings. The summed E-state index contributed by atoms with van der Waals surface area (Å²) in [7, 11) is 0. The van der Waals surface area contributed by atoms with Gasteiger partial charge in [0.25, 0.3) is 0 Å². The smallest absolute Gasteiger partial charge is 0.305 e. The molecule has 0 radical (unpaired) electrons. The third-order valence-corrected chi connectivity index (χ3v) is 9.74. The maximum absolute atomic E-state index is 12.0. The molecular formula is C26H40O4. The number of hydrogen-bond acceptors (Lipinski definition) is 4. The van der Waals surface area contributed by atoms with Crippen molar-refractivity contribution in [3.05, 3.63) is 11.6 Å². The van der Waals surface area contributed by atoms with E-state index in [9.17, 15) is 14.7 Å². The summed E-state index contributed by atoms with van der Waals surface area (Å²) in [5.74, 6) is 2.08. The fourth-order valence-corrected chi connectivity index (χ4v) is 7.91. The molecule has 4 rings (SSSR count). The first-order valence-electron chi connectivity index (χ1n) is 12.4. The van der Waals surface area contributed by atoms with E-state index in [2.05, 4.69) is 13.8 Å². The van der Waals surface area contributed by atoms with E-state index in [1.165, 1.54) is 12.0 Å². The number of hydrogen-bond donors (Lipinski definition) is 1. The molecule has 1 N–H and O–H groups in total. The number of aliphatic hydroxyl groups is 1. The van der Waals surface area contributed by atoms with Crippen molar-refractivity contribution >= 4 is 11.8 Å². The van der Waals surface area contributed by atoms with Crippen LogP contribution in [-0.4, -0.2) is 29.1 Å². The minimum Gasteiger partial charge on any atom is -0.466 e. The Morgan fingerprint density at radius 1 is 1.13 bits per heavy atom. The van der Waals surface area contributed by atoms with Crippen molar-refractivity contribution in [2.24, 2.45) is 28.6 Å². The Labute approximate surface area is 181 Å². The number of ketones is 1. The Morgan fingerprint density at radius 3 is 2.67 bits per heavy atom. The van der Waals surface area contributed by atoms with Crippen LogP contribution in [0.15, 0.2) is 11.6 Å². The molecule has 0 aromatic heterocycles. The quantitative estimate of drug-likeness (QED) is 0.467. The molecule has 0 aliphatic heterocycles. The number of fused-ring (bicyclic) bond motifs is 5. The molecule has 0 aromatic rings. The predicted octanol–water partition coefficient (Wildman–Crippen LogP) is 5.37. The van der Waals surface area contributed by atoms with E-state index in [0.717, 1.165) is 57.8 Å². The molecule has 0 spiro atoms. The summed E-state index contributed by atoms with van der Waals surface area (Å²) in [5, 5.41) is 11.7. The van der Waals surface area contributed by atoms with Gasteiger partial charge in [0.2, 0.25) is 0 Å². The van der Waals surface area contributed by atoms with Crippen molar-refractivity contribution in [1.29, 1.82) is 0 Å². The van der Waals surface area contributed by atoms with Crippen LogP contribution in [0.1, 0.15) is 97.8 Å². The number of rotatable bonds is 6. The molecule has 0 aromatic carbocycles. The van der Waals surface area contributed by atoms with E-state index < -0.39 is 5.60 Å². The Bertz CT molecular complexity index is 727. The van der Waals surface area contributed by atoms with Crippen LogP contribution in [0.4, 0.5) is 0 Å². The number of allylic oxidation sites excluding steroid dienone is 1. The van der Waals surface area contributed by atoms with E-state index in [0.29, 0.717) is 43.0 Å². The summed E-state index contributed by atoms with van der Waals surface area (Å²) < 4.78 is 5.34. The third kappa shape index (κ3) is 3.47. The van der Waals surface area contributed by atoms with Crippen molar-refractivity contribution in [1.82, 2.24) is 0 Å². The van der Waals surface area contributed by atoms with E-state index in [4.69, 9.17) is 4.74 Å². The van der Waals surface area contributed by atoms with Crippen molar-refractivity contribution in [2.75, 3.05) is 6.61 Å². The second-order valence-corrected chi connectivity index (χ2v) is 11.1. The van der Waals surface area contributed by atoms with Crippen LogP contribution < -0.4 is 0 Å². The highest BCUT2D eigenvalue weighted by Gasteiger charge is 2.63. The lowest BCUT2D eigenvalue weighted by molar-refractivity contribution is -0.147. The molecule has 0 amide bonds. The third-order valence-electron chi connectivity index (χ3n) is 9.74. The molecule has 6 atom stereocenters. The summed E-state index contributed by atoms with van der Waals surface area (Å²) in [4.78, 5) is 23.6. The Balaban J connectivity index is 1.44. The molecule has 1 unspecified atom stereocenters. The minimum atomic E-state index is -0.640. The van der Waals surface area contributed by atoms with Gasteiger partial charge in [-0.1, -0.05) is 26.3 Å². The highest BCUT2D eigenvalue weighted by molar-refractivity contribution is 5.91. The van der Waals surface area contributed by atoms with E-state index in [-0.39, 0.29) is 16.8 Å². The van der Waals surface area contributed by atoms with Gasteiger partial charge in [0.1, 0.15) is 0 Å². The fraction of sp³-hybridized carbons (Fsp3) is 0.846. The largest absolute Gasteiger partial charge is 0.466 e. The Morgan fingerprint density at radius 2 is 1.90 bits per heavy atom. The lowest BCUT2D eigenvalue weighted by atomic mass is 9.46. The lowest BCUT2D eigenvalue weighted by Gasteiger charge is -2.59. The second kappa shape index (κ2) is 8.07. The van der Waals surface area contributed by atoms with Crippen LogP contribution in [-0.2, 0) is 14.3 Å². The van der Waals surface area contributed by atoms with E-state index in [1.54, 1.807) is 0 Å². The Hall–Kier alpha value is -1.16. The van der Waals surface area contributed by atoms with E-state index >= 15 is 0 Å². The highest BCUT2D eigenvalue weighted by atomic mass is 16.5.